The summed E-state index contributed by atoms with van der Waals surface area (Å²) in [5, 5.41) is 8.67. The van der Waals surface area contributed by atoms with Gasteiger partial charge in [-0.3, -0.25) is 5.10 Å². The van der Waals surface area contributed by atoms with Crippen molar-refractivity contribution in [3.63, 3.8) is 0 Å². The molecule has 0 spiro atoms. The van der Waals surface area contributed by atoms with E-state index >= 15 is 0 Å². The highest BCUT2D eigenvalue weighted by molar-refractivity contribution is 5.92. The zero-order valence-corrected chi connectivity index (χ0v) is 12.6. The second-order valence-electron chi connectivity index (χ2n) is 5.48. The third-order valence-corrected chi connectivity index (χ3v) is 3.93. The summed E-state index contributed by atoms with van der Waals surface area (Å²) < 4.78 is 0. The predicted octanol–water partition coefficient (Wildman–Crippen LogP) is 5.40. The van der Waals surface area contributed by atoms with Crippen molar-refractivity contribution < 1.29 is 0 Å². The molecular weight excluding hydrogens is 280 g/mol. The standard InChI is InChI=1S/C21H16N2/c1-3-7-16(8-4-1)11-13-20-19-15-18(12-14-21(19)23-22-20)17-9-5-2-6-10-17/h1-15H,(H,22,23)/b13-11+. The minimum Gasteiger partial charge on any atom is -0.277 e. The lowest BCUT2D eigenvalue weighted by Crippen LogP contribution is -1.78. The summed E-state index contributed by atoms with van der Waals surface area (Å²) in [6, 6.07) is 27.1. The van der Waals surface area contributed by atoms with E-state index in [0.29, 0.717) is 0 Å². The van der Waals surface area contributed by atoms with Crippen LogP contribution in [0.3, 0.4) is 0 Å². The highest BCUT2D eigenvalue weighted by atomic mass is 15.1. The fourth-order valence-corrected chi connectivity index (χ4v) is 2.71. The van der Waals surface area contributed by atoms with E-state index in [-0.39, 0.29) is 0 Å². The number of benzene rings is 3. The van der Waals surface area contributed by atoms with Crippen molar-refractivity contribution in [1.82, 2.24) is 10.2 Å². The van der Waals surface area contributed by atoms with Crippen LogP contribution in [-0.4, -0.2) is 10.2 Å². The fourth-order valence-electron chi connectivity index (χ4n) is 2.71. The first-order valence-electron chi connectivity index (χ1n) is 7.67. The monoisotopic (exact) mass is 296 g/mol. The summed E-state index contributed by atoms with van der Waals surface area (Å²) in [7, 11) is 0. The Morgan fingerprint density at radius 3 is 2.22 bits per heavy atom. The highest BCUT2D eigenvalue weighted by Crippen LogP contribution is 2.26. The average molecular weight is 296 g/mol. The van der Waals surface area contributed by atoms with Crippen molar-refractivity contribution in [2.24, 2.45) is 0 Å². The molecule has 0 aliphatic carbocycles. The lowest BCUT2D eigenvalue weighted by molar-refractivity contribution is 1.11. The van der Waals surface area contributed by atoms with Gasteiger partial charge < -0.3 is 0 Å². The Morgan fingerprint density at radius 2 is 1.43 bits per heavy atom. The van der Waals surface area contributed by atoms with E-state index in [1.807, 2.05) is 24.3 Å². The third kappa shape index (κ3) is 2.79. The van der Waals surface area contributed by atoms with Crippen molar-refractivity contribution >= 4 is 23.1 Å². The molecule has 4 aromatic rings. The van der Waals surface area contributed by atoms with Gasteiger partial charge in [0, 0.05) is 5.39 Å². The molecule has 0 atom stereocenters. The maximum atomic E-state index is 4.43. The molecule has 3 aromatic carbocycles. The van der Waals surface area contributed by atoms with Crippen LogP contribution < -0.4 is 0 Å². The van der Waals surface area contributed by atoms with Crippen LogP contribution in [0, 0.1) is 0 Å². The molecule has 1 N–H and O–H groups in total. The van der Waals surface area contributed by atoms with Gasteiger partial charge in [-0.25, -0.2) is 0 Å². The summed E-state index contributed by atoms with van der Waals surface area (Å²) in [4.78, 5) is 0. The molecule has 110 valence electrons. The van der Waals surface area contributed by atoms with Gasteiger partial charge in [-0.05, 0) is 34.9 Å². The van der Waals surface area contributed by atoms with Crippen molar-refractivity contribution in [2.45, 2.75) is 0 Å². The van der Waals surface area contributed by atoms with Crippen LogP contribution >= 0.6 is 0 Å². The van der Waals surface area contributed by atoms with Gasteiger partial charge >= 0.3 is 0 Å². The maximum absolute atomic E-state index is 4.43. The zero-order valence-electron chi connectivity index (χ0n) is 12.6. The molecule has 0 bridgehead atoms. The largest absolute Gasteiger partial charge is 0.277 e. The number of aromatic nitrogens is 2. The molecule has 0 unspecified atom stereocenters. The average Bonchev–Trinajstić information content (AvgIpc) is 3.04. The van der Waals surface area contributed by atoms with Crippen LogP contribution in [0.2, 0.25) is 0 Å². The van der Waals surface area contributed by atoms with Crippen LogP contribution in [-0.2, 0) is 0 Å². The molecule has 1 heterocycles. The maximum Gasteiger partial charge on any atom is 0.0927 e. The van der Waals surface area contributed by atoms with Crippen molar-refractivity contribution in [3.8, 4) is 11.1 Å². The lowest BCUT2D eigenvalue weighted by Gasteiger charge is -2.01. The lowest BCUT2D eigenvalue weighted by atomic mass is 10.0. The second kappa shape index (κ2) is 5.93. The summed E-state index contributed by atoms with van der Waals surface area (Å²) in [6.45, 7) is 0. The van der Waals surface area contributed by atoms with Crippen LogP contribution in [0.4, 0.5) is 0 Å². The van der Waals surface area contributed by atoms with Gasteiger partial charge in [0.05, 0.1) is 11.2 Å². The van der Waals surface area contributed by atoms with Gasteiger partial charge in [0.25, 0.3) is 0 Å². The van der Waals surface area contributed by atoms with Crippen LogP contribution in [0.1, 0.15) is 11.3 Å². The summed E-state index contributed by atoms with van der Waals surface area (Å²) in [5.74, 6) is 0. The Hall–Kier alpha value is -3.13. The molecule has 0 radical (unpaired) electrons. The van der Waals surface area contributed by atoms with E-state index in [2.05, 4.69) is 76.9 Å². The Kier molecular flexibility index (Phi) is 3.49. The van der Waals surface area contributed by atoms with Crippen LogP contribution in [0.25, 0.3) is 34.2 Å². The first-order chi connectivity index (χ1) is 11.4. The number of hydrogen-bond donors (Lipinski definition) is 1. The Bertz CT molecular complexity index is 951. The normalized spacial score (nSPS) is 11.3. The van der Waals surface area contributed by atoms with E-state index in [1.165, 1.54) is 16.7 Å². The molecular formula is C21H16N2. The summed E-state index contributed by atoms with van der Waals surface area (Å²) in [5.41, 5.74) is 5.60. The molecule has 0 saturated carbocycles. The predicted molar refractivity (Wildman–Crippen MR) is 96.9 cm³/mol. The van der Waals surface area contributed by atoms with Crippen molar-refractivity contribution in [2.75, 3.05) is 0 Å². The number of aromatic amines is 1. The molecule has 0 fully saturated rings. The van der Waals surface area contributed by atoms with E-state index in [0.717, 1.165) is 16.6 Å². The molecule has 0 aliphatic rings. The second-order valence-corrected chi connectivity index (χ2v) is 5.48. The number of hydrogen-bond acceptors (Lipinski definition) is 1. The Labute approximate surface area is 135 Å². The van der Waals surface area contributed by atoms with Gasteiger partial charge in [-0.2, -0.15) is 5.10 Å². The molecule has 2 heteroatoms. The fraction of sp³-hybridized carbons (Fsp3) is 0. The molecule has 0 amide bonds. The minimum atomic E-state index is 0.960. The Balaban J connectivity index is 1.75. The number of nitrogens with one attached hydrogen (secondary N) is 1. The molecule has 4 rings (SSSR count). The molecule has 0 saturated heterocycles. The van der Waals surface area contributed by atoms with Crippen LogP contribution in [0.5, 0.6) is 0 Å². The van der Waals surface area contributed by atoms with Gasteiger partial charge in [0.15, 0.2) is 0 Å². The van der Waals surface area contributed by atoms with Crippen molar-refractivity contribution in [1.29, 1.82) is 0 Å². The topological polar surface area (TPSA) is 28.7 Å². The van der Waals surface area contributed by atoms with Gasteiger partial charge in [-0.1, -0.05) is 72.8 Å². The number of rotatable bonds is 3. The van der Waals surface area contributed by atoms with Gasteiger partial charge in [-0.15, -0.1) is 0 Å². The summed E-state index contributed by atoms with van der Waals surface area (Å²) >= 11 is 0. The Morgan fingerprint density at radius 1 is 0.696 bits per heavy atom. The first-order valence-corrected chi connectivity index (χ1v) is 7.67. The molecule has 23 heavy (non-hydrogen) atoms. The van der Waals surface area contributed by atoms with Gasteiger partial charge in [0.1, 0.15) is 0 Å². The molecule has 2 nitrogen and oxygen atoms in total. The van der Waals surface area contributed by atoms with Crippen LogP contribution in [0.15, 0.2) is 78.9 Å². The molecule has 0 aliphatic heterocycles. The van der Waals surface area contributed by atoms with Crippen molar-refractivity contribution in [3.05, 3.63) is 90.1 Å². The minimum absolute atomic E-state index is 0.960. The first kappa shape index (κ1) is 13.5. The number of H-pyrrole nitrogens is 1. The van der Waals surface area contributed by atoms with E-state index in [4.69, 9.17) is 0 Å². The number of nitrogens with zero attached hydrogens (tertiary/aromatic N) is 1. The third-order valence-electron chi connectivity index (χ3n) is 3.93. The highest BCUT2D eigenvalue weighted by Gasteiger charge is 2.05. The van der Waals surface area contributed by atoms with E-state index in [9.17, 15) is 0 Å². The quantitative estimate of drug-likeness (QED) is 0.538. The SMILES string of the molecule is C(=C\c1n[nH]c2ccc(-c3ccccc3)cc12)/c1ccccc1. The molecule has 1 aromatic heterocycles. The smallest absolute Gasteiger partial charge is 0.0927 e. The zero-order chi connectivity index (χ0) is 15.5. The number of fused-ring (bicyclic) bond motifs is 1. The van der Waals surface area contributed by atoms with Gasteiger partial charge in [0.2, 0.25) is 0 Å². The van der Waals surface area contributed by atoms with E-state index in [1.54, 1.807) is 0 Å². The van der Waals surface area contributed by atoms with E-state index < -0.39 is 0 Å². The summed E-state index contributed by atoms with van der Waals surface area (Å²) in [6.07, 6.45) is 4.15.